The molecule has 0 fully saturated rings. The maximum Gasteiger partial charge on any atom is 0.264 e. The van der Waals surface area contributed by atoms with Gasteiger partial charge >= 0.3 is 0 Å². The molecule has 0 aliphatic heterocycles. The number of anilines is 1. The SMILES string of the molecule is C=CCOc1ccc(/C=N/NC(=O)CN(c2ccccc2OCC)S(=O)(=O)c2ccccc2)cc1. The first-order valence-corrected chi connectivity index (χ1v) is 12.3. The molecule has 0 aliphatic carbocycles. The Morgan fingerprint density at radius 1 is 1.00 bits per heavy atom. The number of carbonyl (C=O) groups excluding carboxylic acids is 1. The van der Waals surface area contributed by atoms with Gasteiger partial charge in [0, 0.05) is 0 Å². The van der Waals surface area contributed by atoms with E-state index in [1.807, 2.05) is 0 Å². The van der Waals surface area contributed by atoms with Crippen molar-refractivity contribution in [2.24, 2.45) is 5.10 Å². The third-order valence-electron chi connectivity index (χ3n) is 4.70. The highest BCUT2D eigenvalue weighted by Gasteiger charge is 2.29. The van der Waals surface area contributed by atoms with Crippen LogP contribution in [0.3, 0.4) is 0 Å². The molecule has 3 aromatic carbocycles. The zero-order valence-electron chi connectivity index (χ0n) is 19.3. The second-order valence-corrected chi connectivity index (χ2v) is 9.05. The van der Waals surface area contributed by atoms with Crippen LogP contribution < -0.4 is 19.2 Å². The van der Waals surface area contributed by atoms with Gasteiger partial charge in [0.15, 0.2) is 0 Å². The summed E-state index contributed by atoms with van der Waals surface area (Å²) < 4.78 is 39.0. The summed E-state index contributed by atoms with van der Waals surface area (Å²) in [4.78, 5) is 12.8. The standard InChI is InChI=1S/C26H27N3O5S/c1-3-18-34-22-16-14-21(15-17-22)19-27-28-26(30)20-29(24-12-8-9-13-25(24)33-4-2)35(31,32)23-10-6-5-7-11-23/h3,5-17,19H,1,4,18,20H2,2H3,(H,28,30)/b27-19+. The van der Waals surface area contributed by atoms with E-state index in [1.54, 1.807) is 79.7 Å². The highest BCUT2D eigenvalue weighted by Crippen LogP contribution is 2.32. The number of hydrogen-bond acceptors (Lipinski definition) is 6. The maximum atomic E-state index is 13.5. The largest absolute Gasteiger partial charge is 0.492 e. The number of hydrogen-bond donors (Lipinski definition) is 1. The van der Waals surface area contributed by atoms with Crippen LogP contribution in [0, 0.1) is 0 Å². The van der Waals surface area contributed by atoms with Gasteiger partial charge in [-0.3, -0.25) is 9.10 Å². The number of amides is 1. The molecule has 0 unspecified atom stereocenters. The molecule has 1 N–H and O–H groups in total. The quantitative estimate of drug-likeness (QED) is 0.234. The van der Waals surface area contributed by atoms with Crippen molar-refractivity contribution in [3.05, 3.63) is 97.1 Å². The maximum absolute atomic E-state index is 13.5. The Kier molecular flexibility index (Phi) is 9.02. The first-order valence-electron chi connectivity index (χ1n) is 10.9. The Hall–Kier alpha value is -4.11. The molecule has 0 bridgehead atoms. The van der Waals surface area contributed by atoms with E-state index in [4.69, 9.17) is 9.47 Å². The number of nitrogens with one attached hydrogen (secondary N) is 1. The molecule has 1 amide bonds. The van der Waals surface area contributed by atoms with Gasteiger partial charge < -0.3 is 9.47 Å². The first-order chi connectivity index (χ1) is 17.0. The van der Waals surface area contributed by atoms with E-state index in [9.17, 15) is 13.2 Å². The predicted octanol–water partition coefficient (Wildman–Crippen LogP) is 4.00. The van der Waals surface area contributed by atoms with Gasteiger partial charge in [0.05, 0.1) is 23.4 Å². The lowest BCUT2D eigenvalue weighted by Gasteiger charge is -2.25. The van der Waals surface area contributed by atoms with Crippen molar-refractivity contribution >= 4 is 27.8 Å². The fourth-order valence-electron chi connectivity index (χ4n) is 3.11. The minimum Gasteiger partial charge on any atom is -0.492 e. The molecule has 8 nitrogen and oxygen atoms in total. The Morgan fingerprint density at radius 2 is 1.69 bits per heavy atom. The topological polar surface area (TPSA) is 97.3 Å². The molecule has 0 radical (unpaired) electrons. The first kappa shape index (κ1) is 25.5. The average Bonchev–Trinajstić information content (AvgIpc) is 2.88. The van der Waals surface area contributed by atoms with E-state index in [2.05, 4.69) is 17.1 Å². The van der Waals surface area contributed by atoms with E-state index in [0.717, 1.165) is 9.87 Å². The van der Waals surface area contributed by atoms with Gasteiger partial charge in [0.1, 0.15) is 24.7 Å². The van der Waals surface area contributed by atoms with E-state index in [-0.39, 0.29) is 10.6 Å². The van der Waals surface area contributed by atoms with Gasteiger partial charge in [-0.2, -0.15) is 5.10 Å². The molecule has 9 heteroatoms. The zero-order chi connectivity index (χ0) is 25.1. The summed E-state index contributed by atoms with van der Waals surface area (Å²) in [5.41, 5.74) is 3.38. The highest BCUT2D eigenvalue weighted by molar-refractivity contribution is 7.92. The second-order valence-electron chi connectivity index (χ2n) is 7.19. The van der Waals surface area contributed by atoms with Gasteiger partial charge in [-0.15, -0.1) is 0 Å². The lowest BCUT2D eigenvalue weighted by molar-refractivity contribution is -0.119. The van der Waals surface area contributed by atoms with Crippen molar-refractivity contribution < 1.29 is 22.7 Å². The van der Waals surface area contributed by atoms with E-state index >= 15 is 0 Å². The molecule has 3 aromatic rings. The average molecular weight is 494 g/mol. The summed E-state index contributed by atoms with van der Waals surface area (Å²) in [5.74, 6) is 0.420. The predicted molar refractivity (Wildman–Crippen MR) is 136 cm³/mol. The fraction of sp³-hybridized carbons (Fsp3) is 0.154. The van der Waals surface area contributed by atoms with E-state index in [0.29, 0.717) is 24.7 Å². The van der Waals surface area contributed by atoms with Gasteiger partial charge in [0.2, 0.25) is 0 Å². The van der Waals surface area contributed by atoms with Crippen LogP contribution >= 0.6 is 0 Å². The van der Waals surface area contributed by atoms with Crippen molar-refractivity contribution in [1.29, 1.82) is 0 Å². The minimum absolute atomic E-state index is 0.0568. The van der Waals surface area contributed by atoms with Gasteiger partial charge in [-0.25, -0.2) is 13.8 Å². The molecular weight excluding hydrogens is 466 g/mol. The summed E-state index contributed by atoms with van der Waals surface area (Å²) in [6.07, 6.45) is 3.11. The number of benzene rings is 3. The van der Waals surface area contributed by atoms with Crippen LogP contribution in [0.1, 0.15) is 12.5 Å². The number of para-hydroxylation sites is 2. The molecule has 3 rings (SSSR count). The molecular formula is C26H27N3O5S. The van der Waals surface area contributed by atoms with Crippen LogP contribution in [-0.4, -0.2) is 40.3 Å². The second kappa shape index (κ2) is 12.4. The van der Waals surface area contributed by atoms with E-state index in [1.165, 1.54) is 18.3 Å². The summed E-state index contributed by atoms with van der Waals surface area (Å²) >= 11 is 0. The Bertz CT molecular complexity index is 1260. The third-order valence-corrected chi connectivity index (χ3v) is 6.48. The lowest BCUT2D eigenvalue weighted by Crippen LogP contribution is -2.39. The molecule has 0 saturated heterocycles. The Morgan fingerprint density at radius 3 is 2.37 bits per heavy atom. The molecule has 0 aromatic heterocycles. The zero-order valence-corrected chi connectivity index (χ0v) is 20.1. The van der Waals surface area contributed by atoms with Crippen molar-refractivity contribution in [3.63, 3.8) is 0 Å². The van der Waals surface area contributed by atoms with Crippen LogP contribution in [0.5, 0.6) is 11.5 Å². The number of sulfonamides is 1. The molecule has 35 heavy (non-hydrogen) atoms. The molecule has 0 heterocycles. The van der Waals surface area contributed by atoms with Crippen LogP contribution in [0.4, 0.5) is 5.69 Å². The van der Waals surface area contributed by atoms with Crippen LogP contribution in [-0.2, 0) is 14.8 Å². The number of hydrazone groups is 1. The number of rotatable bonds is 12. The molecule has 0 aliphatic rings. The molecule has 0 atom stereocenters. The third kappa shape index (κ3) is 6.94. The van der Waals surface area contributed by atoms with Crippen molar-refractivity contribution in [2.75, 3.05) is 24.1 Å². The molecule has 182 valence electrons. The Balaban J connectivity index is 1.79. The monoisotopic (exact) mass is 493 g/mol. The fourth-order valence-corrected chi connectivity index (χ4v) is 4.56. The van der Waals surface area contributed by atoms with Crippen molar-refractivity contribution in [1.82, 2.24) is 5.43 Å². The van der Waals surface area contributed by atoms with Gasteiger partial charge in [0.25, 0.3) is 15.9 Å². The lowest BCUT2D eigenvalue weighted by atomic mass is 10.2. The Labute approximate surface area is 205 Å². The van der Waals surface area contributed by atoms with Crippen LogP contribution in [0.15, 0.2) is 102 Å². The number of carbonyl (C=O) groups is 1. The van der Waals surface area contributed by atoms with Gasteiger partial charge in [-0.05, 0) is 61.0 Å². The summed E-state index contributed by atoms with van der Waals surface area (Å²) in [7, 11) is -4.06. The van der Waals surface area contributed by atoms with Gasteiger partial charge in [-0.1, -0.05) is 43.0 Å². The number of ether oxygens (including phenoxy) is 2. The highest BCUT2D eigenvalue weighted by atomic mass is 32.2. The van der Waals surface area contributed by atoms with Crippen molar-refractivity contribution in [2.45, 2.75) is 11.8 Å². The summed E-state index contributed by atoms with van der Waals surface area (Å²) in [5, 5.41) is 3.96. The number of nitrogens with zero attached hydrogens (tertiary/aromatic N) is 2. The smallest absolute Gasteiger partial charge is 0.264 e. The normalized spacial score (nSPS) is 11.1. The summed E-state index contributed by atoms with van der Waals surface area (Å²) in [6, 6.07) is 21.7. The molecule has 0 saturated carbocycles. The summed E-state index contributed by atoms with van der Waals surface area (Å²) in [6.45, 7) is 5.65. The minimum atomic E-state index is -4.06. The molecule has 0 spiro atoms. The van der Waals surface area contributed by atoms with Crippen LogP contribution in [0.25, 0.3) is 0 Å². The van der Waals surface area contributed by atoms with Crippen LogP contribution in [0.2, 0.25) is 0 Å². The van der Waals surface area contributed by atoms with E-state index < -0.39 is 22.5 Å². The van der Waals surface area contributed by atoms with Crippen molar-refractivity contribution in [3.8, 4) is 11.5 Å².